The molecule has 1 aliphatic heterocycles. The average Bonchev–Trinajstić information content (AvgIpc) is 2.41. The van der Waals surface area contributed by atoms with Crippen LogP contribution < -0.4 is 16.6 Å². The molecule has 0 radical (unpaired) electrons. The van der Waals surface area contributed by atoms with Gasteiger partial charge < -0.3 is 15.6 Å². The van der Waals surface area contributed by atoms with Crippen LogP contribution in [0.25, 0.3) is 0 Å². The summed E-state index contributed by atoms with van der Waals surface area (Å²) in [5.41, 5.74) is 2.48. The first kappa shape index (κ1) is 13.3. The topological polar surface area (TPSA) is 100 Å². The monoisotopic (exact) mass is 263 g/mol. The molecule has 0 aromatic carbocycles. The fourth-order valence-corrected chi connectivity index (χ4v) is 2.00. The summed E-state index contributed by atoms with van der Waals surface area (Å²) in [7, 11) is 0. The number of piperazine rings is 1. The first-order chi connectivity index (χ1) is 8.96. The molecule has 2 rings (SSSR count). The predicted molar refractivity (Wildman–Crippen MR) is 70.2 cm³/mol. The Labute approximate surface area is 111 Å². The van der Waals surface area contributed by atoms with Crippen molar-refractivity contribution in [2.75, 3.05) is 18.5 Å². The predicted octanol–water partition coefficient (Wildman–Crippen LogP) is -0.282. The lowest BCUT2D eigenvalue weighted by atomic mass is 9.98. The number of aromatic nitrogens is 1. The van der Waals surface area contributed by atoms with E-state index in [2.05, 4.69) is 15.7 Å². The Kier molecular flexibility index (Phi) is 3.39. The van der Waals surface area contributed by atoms with Crippen molar-refractivity contribution in [2.24, 2.45) is 5.84 Å². The van der Waals surface area contributed by atoms with Gasteiger partial charge in [-0.1, -0.05) is 0 Å². The van der Waals surface area contributed by atoms with Gasteiger partial charge in [-0.15, -0.1) is 0 Å². The first-order valence-electron chi connectivity index (χ1n) is 6.00. The Morgan fingerprint density at radius 2 is 2.26 bits per heavy atom. The van der Waals surface area contributed by atoms with Crippen molar-refractivity contribution in [3.8, 4) is 0 Å². The molecule has 0 atom stereocenters. The van der Waals surface area contributed by atoms with Crippen LogP contribution >= 0.6 is 0 Å². The SMILES string of the molecule is CC1(C)C(=O)NCCN1C(=O)c1ccc(NN)cn1. The zero-order valence-electron chi connectivity index (χ0n) is 10.9. The zero-order valence-corrected chi connectivity index (χ0v) is 10.9. The number of hydrogen-bond donors (Lipinski definition) is 3. The molecule has 1 aromatic rings. The van der Waals surface area contributed by atoms with Crippen LogP contribution in [0.3, 0.4) is 0 Å². The van der Waals surface area contributed by atoms with E-state index in [0.29, 0.717) is 24.5 Å². The summed E-state index contributed by atoms with van der Waals surface area (Å²) in [6.07, 6.45) is 1.48. The molecule has 0 saturated carbocycles. The van der Waals surface area contributed by atoms with Gasteiger partial charge in [0.05, 0.1) is 11.9 Å². The van der Waals surface area contributed by atoms with Crippen LogP contribution in [0.1, 0.15) is 24.3 Å². The Morgan fingerprint density at radius 3 is 2.84 bits per heavy atom. The van der Waals surface area contributed by atoms with Gasteiger partial charge in [-0.3, -0.25) is 15.4 Å². The quantitative estimate of drug-likeness (QED) is 0.503. The number of anilines is 1. The molecule has 0 aliphatic carbocycles. The first-order valence-corrected chi connectivity index (χ1v) is 6.00. The van der Waals surface area contributed by atoms with Crippen LogP contribution in [0.2, 0.25) is 0 Å². The van der Waals surface area contributed by atoms with E-state index < -0.39 is 5.54 Å². The van der Waals surface area contributed by atoms with E-state index in [1.165, 1.54) is 11.1 Å². The van der Waals surface area contributed by atoms with Crippen LogP contribution in [0.5, 0.6) is 0 Å². The highest BCUT2D eigenvalue weighted by Gasteiger charge is 2.40. The highest BCUT2D eigenvalue weighted by Crippen LogP contribution is 2.20. The van der Waals surface area contributed by atoms with E-state index in [4.69, 9.17) is 5.84 Å². The second-order valence-electron chi connectivity index (χ2n) is 4.85. The minimum atomic E-state index is -0.873. The number of nitrogens with zero attached hydrogens (tertiary/aromatic N) is 2. The molecule has 4 N–H and O–H groups in total. The maximum Gasteiger partial charge on any atom is 0.273 e. The molecular formula is C12H17N5O2. The van der Waals surface area contributed by atoms with Gasteiger partial charge in [0.25, 0.3) is 5.91 Å². The van der Waals surface area contributed by atoms with Crippen LogP contribution in [0, 0.1) is 0 Å². The molecule has 2 heterocycles. The van der Waals surface area contributed by atoms with Crippen LogP contribution in [-0.4, -0.2) is 40.3 Å². The second kappa shape index (κ2) is 4.85. The maximum absolute atomic E-state index is 12.4. The van der Waals surface area contributed by atoms with E-state index >= 15 is 0 Å². The maximum atomic E-state index is 12.4. The summed E-state index contributed by atoms with van der Waals surface area (Å²) in [6, 6.07) is 3.25. The molecule has 7 nitrogen and oxygen atoms in total. The van der Waals surface area contributed by atoms with Crippen LogP contribution in [0.4, 0.5) is 5.69 Å². The molecule has 0 unspecified atom stereocenters. The third-order valence-corrected chi connectivity index (χ3v) is 3.25. The summed E-state index contributed by atoms with van der Waals surface area (Å²) in [4.78, 5) is 29.8. The van der Waals surface area contributed by atoms with E-state index in [1.54, 1.807) is 26.0 Å². The number of carbonyl (C=O) groups is 2. The second-order valence-corrected chi connectivity index (χ2v) is 4.85. The number of nitrogens with two attached hydrogens (primary N) is 1. The van der Waals surface area contributed by atoms with Gasteiger partial charge in [-0.2, -0.15) is 0 Å². The van der Waals surface area contributed by atoms with E-state index in [1.807, 2.05) is 0 Å². The number of nitrogens with one attached hydrogen (secondary N) is 2. The normalized spacial score (nSPS) is 17.8. The number of rotatable bonds is 2. The van der Waals surface area contributed by atoms with Gasteiger partial charge in [-0.25, -0.2) is 4.98 Å². The summed E-state index contributed by atoms with van der Waals surface area (Å²) in [5, 5.41) is 2.75. The Balaban J connectivity index is 2.24. The minimum absolute atomic E-state index is 0.160. The standard InChI is InChI=1S/C12H17N5O2/c1-12(2)11(19)14-5-6-17(12)10(18)9-4-3-8(16-13)7-15-9/h3-4,7,16H,5-6,13H2,1-2H3,(H,14,19). The highest BCUT2D eigenvalue weighted by atomic mass is 16.2. The van der Waals surface area contributed by atoms with Crippen molar-refractivity contribution in [1.29, 1.82) is 0 Å². The number of pyridine rings is 1. The molecule has 1 fully saturated rings. The summed E-state index contributed by atoms with van der Waals surface area (Å²) in [5.74, 6) is 4.82. The van der Waals surface area contributed by atoms with E-state index in [0.717, 1.165) is 0 Å². The average molecular weight is 263 g/mol. The van der Waals surface area contributed by atoms with Crippen molar-refractivity contribution in [2.45, 2.75) is 19.4 Å². The molecule has 7 heteroatoms. The Bertz CT molecular complexity index is 497. The molecule has 19 heavy (non-hydrogen) atoms. The minimum Gasteiger partial charge on any atom is -0.352 e. The third kappa shape index (κ3) is 2.37. The number of amides is 2. The van der Waals surface area contributed by atoms with Crippen molar-refractivity contribution < 1.29 is 9.59 Å². The summed E-state index contributed by atoms with van der Waals surface area (Å²) >= 11 is 0. The summed E-state index contributed by atoms with van der Waals surface area (Å²) in [6.45, 7) is 4.36. The number of hydrazine groups is 1. The molecule has 2 amide bonds. The molecule has 0 spiro atoms. The van der Waals surface area contributed by atoms with Crippen molar-refractivity contribution in [1.82, 2.24) is 15.2 Å². The molecule has 0 bridgehead atoms. The summed E-state index contributed by atoms with van der Waals surface area (Å²) < 4.78 is 0. The van der Waals surface area contributed by atoms with Crippen molar-refractivity contribution >= 4 is 17.5 Å². The molecule has 1 aliphatic rings. The fourth-order valence-electron chi connectivity index (χ4n) is 2.00. The number of hydrogen-bond acceptors (Lipinski definition) is 5. The van der Waals surface area contributed by atoms with E-state index in [9.17, 15) is 9.59 Å². The van der Waals surface area contributed by atoms with Crippen molar-refractivity contribution in [3.63, 3.8) is 0 Å². The molecule has 1 aromatic heterocycles. The van der Waals surface area contributed by atoms with Gasteiger partial charge in [0.15, 0.2) is 0 Å². The fraction of sp³-hybridized carbons (Fsp3) is 0.417. The van der Waals surface area contributed by atoms with Crippen LogP contribution in [0.15, 0.2) is 18.3 Å². The largest absolute Gasteiger partial charge is 0.352 e. The third-order valence-electron chi connectivity index (χ3n) is 3.25. The molecular weight excluding hydrogens is 246 g/mol. The Morgan fingerprint density at radius 1 is 1.53 bits per heavy atom. The number of nitrogen functional groups attached to an aromatic ring is 1. The van der Waals surface area contributed by atoms with Crippen LogP contribution in [-0.2, 0) is 4.79 Å². The van der Waals surface area contributed by atoms with Crippen molar-refractivity contribution in [3.05, 3.63) is 24.0 Å². The van der Waals surface area contributed by atoms with Gasteiger partial charge in [0.1, 0.15) is 11.2 Å². The molecule has 102 valence electrons. The lowest BCUT2D eigenvalue weighted by molar-refractivity contribution is -0.133. The highest BCUT2D eigenvalue weighted by molar-refractivity contribution is 5.98. The van der Waals surface area contributed by atoms with E-state index in [-0.39, 0.29) is 11.8 Å². The zero-order chi connectivity index (χ0) is 14.0. The Hall–Kier alpha value is -2.15. The number of carbonyl (C=O) groups excluding carboxylic acids is 2. The van der Waals surface area contributed by atoms with Gasteiger partial charge in [0.2, 0.25) is 5.91 Å². The van der Waals surface area contributed by atoms with Gasteiger partial charge in [-0.05, 0) is 26.0 Å². The molecule has 1 saturated heterocycles. The van der Waals surface area contributed by atoms with Gasteiger partial charge in [0, 0.05) is 13.1 Å². The smallest absolute Gasteiger partial charge is 0.273 e. The van der Waals surface area contributed by atoms with Gasteiger partial charge >= 0.3 is 0 Å². The lowest BCUT2D eigenvalue weighted by Crippen LogP contribution is -2.63. The lowest BCUT2D eigenvalue weighted by Gasteiger charge is -2.40.